The topological polar surface area (TPSA) is 58.9 Å². The second kappa shape index (κ2) is 4.41. The molecular weight excluding hydrogens is 218 g/mol. The normalized spacial score (nSPS) is 15.9. The number of hydrogen-bond donors (Lipinski definition) is 2. The minimum absolute atomic E-state index is 0.00795. The lowest BCUT2D eigenvalue weighted by Gasteiger charge is -2.27. The minimum atomic E-state index is -1.58. The molecule has 15 heavy (non-hydrogen) atoms. The van der Waals surface area contributed by atoms with Crippen LogP contribution in [0.3, 0.4) is 0 Å². The molecule has 1 heterocycles. The van der Waals surface area contributed by atoms with Gasteiger partial charge >= 0.3 is 7.12 Å². The fourth-order valence-electron chi connectivity index (χ4n) is 1.28. The highest BCUT2D eigenvalue weighted by atomic mass is 35.5. The van der Waals surface area contributed by atoms with Crippen LogP contribution in [0.4, 0.5) is 0 Å². The molecule has 1 aliphatic heterocycles. The van der Waals surface area contributed by atoms with Crippen molar-refractivity contribution < 1.29 is 19.5 Å². The summed E-state index contributed by atoms with van der Waals surface area (Å²) in [6, 6.07) is 4.89. The highest BCUT2D eigenvalue weighted by Gasteiger charge is 2.23. The van der Waals surface area contributed by atoms with Crippen molar-refractivity contribution in [3.05, 3.63) is 23.2 Å². The van der Waals surface area contributed by atoms with Crippen LogP contribution < -0.4 is 10.2 Å². The number of hydrogen-bond acceptors (Lipinski definition) is 4. The molecular formula is C9H10BClO4. The average Bonchev–Trinajstić information content (AvgIpc) is 2.13. The molecule has 0 amide bonds. The van der Waals surface area contributed by atoms with Crippen molar-refractivity contribution in [3.8, 4) is 5.75 Å². The van der Waals surface area contributed by atoms with Gasteiger partial charge in [0, 0.05) is 5.46 Å². The largest absolute Gasteiger partial charge is 0.490 e. The van der Waals surface area contributed by atoms with E-state index in [0.29, 0.717) is 19.0 Å². The van der Waals surface area contributed by atoms with E-state index in [1.165, 1.54) is 6.07 Å². The Hall–Kier alpha value is -0.745. The van der Waals surface area contributed by atoms with Crippen molar-refractivity contribution in [2.45, 2.75) is 6.10 Å². The van der Waals surface area contributed by atoms with Crippen LogP contribution in [-0.4, -0.2) is 36.5 Å². The van der Waals surface area contributed by atoms with Gasteiger partial charge in [-0.25, -0.2) is 0 Å². The lowest BCUT2D eigenvalue weighted by atomic mass is 9.80. The van der Waals surface area contributed by atoms with Crippen molar-refractivity contribution in [1.29, 1.82) is 0 Å². The van der Waals surface area contributed by atoms with Crippen LogP contribution in [0.1, 0.15) is 0 Å². The van der Waals surface area contributed by atoms with Crippen LogP contribution in [0.25, 0.3) is 0 Å². The maximum absolute atomic E-state index is 9.03. The fourth-order valence-corrected chi connectivity index (χ4v) is 1.55. The first-order valence-corrected chi connectivity index (χ1v) is 4.95. The van der Waals surface area contributed by atoms with E-state index in [1.54, 1.807) is 12.1 Å². The summed E-state index contributed by atoms with van der Waals surface area (Å²) in [5.74, 6) is 0.454. The van der Waals surface area contributed by atoms with Gasteiger partial charge in [0.05, 0.1) is 18.2 Å². The molecule has 2 N–H and O–H groups in total. The van der Waals surface area contributed by atoms with Gasteiger partial charge in [-0.1, -0.05) is 23.7 Å². The number of halogens is 1. The number of rotatable bonds is 3. The number of benzene rings is 1. The second-order valence-corrected chi connectivity index (χ2v) is 3.69. The van der Waals surface area contributed by atoms with Crippen molar-refractivity contribution in [2.75, 3.05) is 13.2 Å². The number of ether oxygens (including phenoxy) is 2. The maximum atomic E-state index is 9.03. The Morgan fingerprint density at radius 1 is 1.40 bits per heavy atom. The first-order chi connectivity index (χ1) is 7.18. The molecule has 0 bridgehead atoms. The lowest BCUT2D eigenvalue weighted by molar-refractivity contribution is -0.0796. The summed E-state index contributed by atoms with van der Waals surface area (Å²) in [6.07, 6.45) is 0.00795. The van der Waals surface area contributed by atoms with E-state index in [-0.39, 0.29) is 16.6 Å². The highest BCUT2D eigenvalue weighted by molar-refractivity contribution is 6.63. The van der Waals surface area contributed by atoms with Crippen LogP contribution in [0.2, 0.25) is 5.02 Å². The van der Waals surface area contributed by atoms with E-state index >= 15 is 0 Å². The monoisotopic (exact) mass is 228 g/mol. The Labute approximate surface area is 92.5 Å². The predicted molar refractivity (Wildman–Crippen MR) is 56.5 cm³/mol. The first-order valence-electron chi connectivity index (χ1n) is 4.57. The van der Waals surface area contributed by atoms with Crippen LogP contribution in [0, 0.1) is 0 Å². The van der Waals surface area contributed by atoms with E-state index in [4.69, 9.17) is 31.1 Å². The summed E-state index contributed by atoms with van der Waals surface area (Å²) >= 11 is 5.94. The molecule has 4 nitrogen and oxygen atoms in total. The smallest absolute Gasteiger partial charge is 0.484 e. The van der Waals surface area contributed by atoms with Crippen molar-refractivity contribution in [3.63, 3.8) is 0 Å². The molecule has 1 saturated heterocycles. The zero-order chi connectivity index (χ0) is 10.8. The van der Waals surface area contributed by atoms with Gasteiger partial charge in [0.1, 0.15) is 11.9 Å². The van der Waals surface area contributed by atoms with Gasteiger partial charge in [-0.15, -0.1) is 0 Å². The van der Waals surface area contributed by atoms with Gasteiger partial charge in [0.2, 0.25) is 0 Å². The molecule has 0 aliphatic carbocycles. The minimum Gasteiger partial charge on any atom is -0.484 e. The quantitative estimate of drug-likeness (QED) is 0.704. The van der Waals surface area contributed by atoms with Crippen LogP contribution in [0.5, 0.6) is 5.75 Å². The average molecular weight is 228 g/mol. The summed E-state index contributed by atoms with van der Waals surface area (Å²) in [5, 5.41) is 18.3. The van der Waals surface area contributed by atoms with Crippen LogP contribution >= 0.6 is 11.6 Å². The van der Waals surface area contributed by atoms with Gasteiger partial charge in [-0.2, -0.15) is 0 Å². The Balaban J connectivity index is 2.19. The van der Waals surface area contributed by atoms with Crippen molar-refractivity contribution in [1.82, 2.24) is 0 Å². The zero-order valence-electron chi connectivity index (χ0n) is 7.89. The van der Waals surface area contributed by atoms with E-state index in [0.717, 1.165) is 0 Å². The Kier molecular flexibility index (Phi) is 3.16. The molecule has 1 fully saturated rings. The van der Waals surface area contributed by atoms with Gasteiger partial charge in [0.15, 0.2) is 0 Å². The van der Waals surface area contributed by atoms with Crippen molar-refractivity contribution >= 4 is 24.2 Å². The SMILES string of the molecule is OB(O)c1cccc(OC2COC2)c1Cl. The first kappa shape index (κ1) is 10.8. The Morgan fingerprint density at radius 3 is 2.67 bits per heavy atom. The Bertz CT molecular complexity index is 354. The Morgan fingerprint density at radius 2 is 2.13 bits per heavy atom. The molecule has 0 spiro atoms. The second-order valence-electron chi connectivity index (χ2n) is 3.31. The van der Waals surface area contributed by atoms with Crippen LogP contribution in [-0.2, 0) is 4.74 Å². The summed E-state index contributed by atoms with van der Waals surface area (Å²) in [6.45, 7) is 1.09. The molecule has 6 heteroatoms. The highest BCUT2D eigenvalue weighted by Crippen LogP contribution is 2.24. The zero-order valence-corrected chi connectivity index (χ0v) is 8.65. The summed E-state index contributed by atoms with van der Waals surface area (Å²) in [4.78, 5) is 0. The molecule has 0 saturated carbocycles. The molecule has 1 aromatic rings. The van der Waals surface area contributed by atoms with Crippen molar-refractivity contribution in [2.24, 2.45) is 0 Å². The van der Waals surface area contributed by atoms with Crippen LogP contribution in [0.15, 0.2) is 18.2 Å². The third-order valence-electron chi connectivity index (χ3n) is 2.17. The molecule has 80 valence electrons. The fraction of sp³-hybridized carbons (Fsp3) is 0.333. The lowest BCUT2D eigenvalue weighted by Crippen LogP contribution is -2.39. The van der Waals surface area contributed by atoms with E-state index in [1.807, 2.05) is 0 Å². The molecule has 0 aromatic heterocycles. The third-order valence-corrected chi connectivity index (χ3v) is 2.58. The van der Waals surface area contributed by atoms with E-state index in [9.17, 15) is 0 Å². The summed E-state index contributed by atoms with van der Waals surface area (Å²) in [7, 11) is -1.58. The molecule has 0 unspecified atom stereocenters. The molecule has 2 rings (SSSR count). The maximum Gasteiger partial charge on any atom is 0.490 e. The van der Waals surface area contributed by atoms with Gasteiger partial charge in [-0.05, 0) is 6.07 Å². The van der Waals surface area contributed by atoms with Gasteiger partial charge < -0.3 is 19.5 Å². The molecule has 0 atom stereocenters. The van der Waals surface area contributed by atoms with E-state index in [2.05, 4.69) is 0 Å². The summed E-state index contributed by atoms with van der Waals surface area (Å²) < 4.78 is 10.5. The predicted octanol–water partition coefficient (Wildman–Crippen LogP) is -0.203. The van der Waals surface area contributed by atoms with Gasteiger partial charge in [-0.3, -0.25) is 0 Å². The summed E-state index contributed by atoms with van der Waals surface area (Å²) in [5.41, 5.74) is 0.245. The molecule has 1 aliphatic rings. The third kappa shape index (κ3) is 2.26. The van der Waals surface area contributed by atoms with E-state index < -0.39 is 7.12 Å². The standard InChI is InChI=1S/C9H10BClO4/c11-9-7(10(12)13)2-1-3-8(9)15-6-4-14-5-6/h1-3,6,12-13H,4-5H2. The molecule has 0 radical (unpaired) electrons. The van der Waals surface area contributed by atoms with Gasteiger partial charge in [0.25, 0.3) is 0 Å². The molecule has 1 aromatic carbocycles.